The van der Waals surface area contributed by atoms with Crippen molar-refractivity contribution < 1.29 is 5.11 Å². The summed E-state index contributed by atoms with van der Waals surface area (Å²) in [5.74, 6) is 1.98. The Kier molecular flexibility index (Phi) is 5.77. The van der Waals surface area contributed by atoms with Crippen LogP contribution in [0.25, 0.3) is 0 Å². The second kappa shape index (κ2) is 7.12. The van der Waals surface area contributed by atoms with Crippen molar-refractivity contribution in [3.63, 3.8) is 0 Å². The van der Waals surface area contributed by atoms with Crippen LogP contribution >= 0.6 is 0 Å². The molecule has 0 fully saturated rings. The molecule has 1 rings (SSSR count). The largest absolute Gasteiger partial charge is 0.391 e. The lowest BCUT2D eigenvalue weighted by Crippen LogP contribution is -2.27. The third kappa shape index (κ3) is 4.23. The van der Waals surface area contributed by atoms with E-state index in [1.54, 1.807) is 0 Å². The van der Waals surface area contributed by atoms with Crippen molar-refractivity contribution in [2.45, 2.75) is 32.8 Å². The molecule has 0 aromatic carbocycles. The minimum absolute atomic E-state index is 0.315. The Hall–Kier alpha value is -1.29. The van der Waals surface area contributed by atoms with Crippen molar-refractivity contribution in [1.29, 1.82) is 0 Å². The molecule has 0 aliphatic carbocycles. The van der Waals surface area contributed by atoms with Gasteiger partial charge in [0.1, 0.15) is 11.6 Å². The number of aromatic nitrogens is 1. The second-order valence-electron chi connectivity index (χ2n) is 4.18. The summed E-state index contributed by atoms with van der Waals surface area (Å²) in [6, 6.07) is 5.74. The van der Waals surface area contributed by atoms with Gasteiger partial charge in [-0.3, -0.25) is 0 Å². The van der Waals surface area contributed by atoms with E-state index in [0.29, 0.717) is 12.5 Å². The molecule has 96 valence electrons. The molecule has 1 heterocycles. The van der Waals surface area contributed by atoms with Crippen molar-refractivity contribution in [2.24, 2.45) is 5.92 Å². The van der Waals surface area contributed by atoms with Crippen LogP contribution in [-0.2, 0) is 0 Å². The summed E-state index contributed by atoms with van der Waals surface area (Å²) in [6.45, 7) is 4.76. The second-order valence-corrected chi connectivity index (χ2v) is 4.18. The molecule has 1 aromatic rings. The summed E-state index contributed by atoms with van der Waals surface area (Å²) >= 11 is 0. The first kappa shape index (κ1) is 13.8. The van der Waals surface area contributed by atoms with E-state index in [-0.39, 0.29) is 6.10 Å². The SMILES string of the molecule is CCC(CC)C(O)CNc1cccc(NC)n1. The summed E-state index contributed by atoms with van der Waals surface area (Å²) < 4.78 is 0. The van der Waals surface area contributed by atoms with Crippen LogP contribution in [0.2, 0.25) is 0 Å². The fourth-order valence-corrected chi connectivity index (χ4v) is 1.88. The smallest absolute Gasteiger partial charge is 0.128 e. The molecular formula is C13H23N3O. The molecule has 0 aliphatic heterocycles. The predicted octanol–water partition coefficient (Wildman–Crippen LogP) is 2.33. The molecule has 1 aromatic heterocycles. The molecule has 3 N–H and O–H groups in total. The molecular weight excluding hydrogens is 214 g/mol. The quantitative estimate of drug-likeness (QED) is 0.681. The molecule has 4 nitrogen and oxygen atoms in total. The van der Waals surface area contributed by atoms with Crippen molar-refractivity contribution in [2.75, 3.05) is 24.2 Å². The topological polar surface area (TPSA) is 57.2 Å². The summed E-state index contributed by atoms with van der Waals surface area (Å²) in [5.41, 5.74) is 0. The van der Waals surface area contributed by atoms with E-state index in [1.807, 2.05) is 25.2 Å². The Labute approximate surface area is 103 Å². The zero-order valence-corrected chi connectivity index (χ0v) is 10.9. The molecule has 0 saturated heterocycles. The zero-order chi connectivity index (χ0) is 12.7. The lowest BCUT2D eigenvalue weighted by molar-refractivity contribution is 0.114. The van der Waals surface area contributed by atoms with Gasteiger partial charge in [0.15, 0.2) is 0 Å². The number of hydrogen-bond donors (Lipinski definition) is 3. The van der Waals surface area contributed by atoms with Crippen LogP contribution in [0.5, 0.6) is 0 Å². The number of rotatable bonds is 7. The monoisotopic (exact) mass is 237 g/mol. The van der Waals surface area contributed by atoms with Gasteiger partial charge in [0.25, 0.3) is 0 Å². The molecule has 0 bridgehead atoms. The summed E-state index contributed by atoms with van der Waals surface area (Å²) in [5, 5.41) is 16.1. The third-order valence-corrected chi connectivity index (χ3v) is 3.09. The maximum Gasteiger partial charge on any atom is 0.128 e. The Morgan fingerprint density at radius 3 is 2.47 bits per heavy atom. The maximum atomic E-state index is 9.99. The lowest BCUT2D eigenvalue weighted by atomic mass is 9.97. The van der Waals surface area contributed by atoms with Gasteiger partial charge >= 0.3 is 0 Å². The van der Waals surface area contributed by atoms with Crippen LogP contribution in [0.15, 0.2) is 18.2 Å². The first-order valence-electron chi connectivity index (χ1n) is 6.28. The van der Waals surface area contributed by atoms with Crippen molar-refractivity contribution >= 4 is 11.6 Å². The maximum absolute atomic E-state index is 9.99. The highest BCUT2D eigenvalue weighted by molar-refractivity contribution is 5.44. The van der Waals surface area contributed by atoms with Crippen LogP contribution in [0.3, 0.4) is 0 Å². The van der Waals surface area contributed by atoms with E-state index >= 15 is 0 Å². The predicted molar refractivity (Wildman–Crippen MR) is 72.4 cm³/mol. The highest BCUT2D eigenvalue weighted by Crippen LogP contribution is 2.14. The number of hydrogen-bond acceptors (Lipinski definition) is 4. The van der Waals surface area contributed by atoms with Gasteiger partial charge in [0.2, 0.25) is 0 Å². The fourth-order valence-electron chi connectivity index (χ4n) is 1.88. The molecule has 0 amide bonds. The molecule has 1 atom stereocenters. The van der Waals surface area contributed by atoms with Crippen LogP contribution in [0.1, 0.15) is 26.7 Å². The highest BCUT2D eigenvalue weighted by Gasteiger charge is 2.14. The van der Waals surface area contributed by atoms with E-state index in [2.05, 4.69) is 29.5 Å². The van der Waals surface area contributed by atoms with E-state index in [1.165, 1.54) is 0 Å². The van der Waals surface area contributed by atoms with Crippen LogP contribution in [0, 0.1) is 5.92 Å². The van der Waals surface area contributed by atoms with Crippen molar-refractivity contribution in [3.8, 4) is 0 Å². The standard InChI is InChI=1S/C13H23N3O/c1-4-10(5-2)11(17)9-15-13-8-6-7-12(14-3)16-13/h6-8,10-11,17H,4-5,9H2,1-3H3,(H2,14,15,16). The van der Waals surface area contributed by atoms with E-state index < -0.39 is 0 Å². The Morgan fingerprint density at radius 1 is 1.24 bits per heavy atom. The molecule has 0 spiro atoms. The van der Waals surface area contributed by atoms with Gasteiger partial charge in [-0.2, -0.15) is 0 Å². The molecule has 17 heavy (non-hydrogen) atoms. The number of nitrogens with one attached hydrogen (secondary N) is 2. The van der Waals surface area contributed by atoms with Crippen LogP contribution < -0.4 is 10.6 Å². The zero-order valence-electron chi connectivity index (χ0n) is 10.9. The number of nitrogens with zero attached hydrogens (tertiary/aromatic N) is 1. The van der Waals surface area contributed by atoms with Gasteiger partial charge in [-0.1, -0.05) is 32.8 Å². The summed E-state index contributed by atoms with van der Waals surface area (Å²) in [7, 11) is 1.84. The lowest BCUT2D eigenvalue weighted by Gasteiger charge is -2.20. The van der Waals surface area contributed by atoms with Crippen molar-refractivity contribution in [3.05, 3.63) is 18.2 Å². The van der Waals surface area contributed by atoms with E-state index in [9.17, 15) is 5.11 Å². The number of anilines is 2. The Morgan fingerprint density at radius 2 is 1.88 bits per heavy atom. The van der Waals surface area contributed by atoms with Crippen LogP contribution in [-0.4, -0.2) is 29.8 Å². The van der Waals surface area contributed by atoms with Gasteiger partial charge in [0, 0.05) is 13.6 Å². The van der Waals surface area contributed by atoms with Gasteiger partial charge in [-0.15, -0.1) is 0 Å². The van der Waals surface area contributed by atoms with Gasteiger partial charge < -0.3 is 15.7 Å². The highest BCUT2D eigenvalue weighted by atomic mass is 16.3. The molecule has 1 unspecified atom stereocenters. The van der Waals surface area contributed by atoms with E-state index in [0.717, 1.165) is 24.5 Å². The number of aliphatic hydroxyl groups excluding tert-OH is 1. The molecule has 0 saturated carbocycles. The Balaban J connectivity index is 2.49. The summed E-state index contributed by atoms with van der Waals surface area (Å²) in [6.07, 6.45) is 1.69. The van der Waals surface area contributed by atoms with Crippen molar-refractivity contribution in [1.82, 2.24) is 4.98 Å². The van der Waals surface area contributed by atoms with Gasteiger partial charge in [-0.05, 0) is 18.1 Å². The summed E-state index contributed by atoms with van der Waals surface area (Å²) in [4.78, 5) is 4.34. The molecule has 0 radical (unpaired) electrons. The third-order valence-electron chi connectivity index (χ3n) is 3.09. The normalized spacial score (nSPS) is 12.5. The first-order valence-corrected chi connectivity index (χ1v) is 6.28. The molecule has 4 heteroatoms. The van der Waals surface area contributed by atoms with Crippen LogP contribution in [0.4, 0.5) is 11.6 Å². The number of pyridine rings is 1. The minimum Gasteiger partial charge on any atom is -0.391 e. The Bertz CT molecular complexity index is 326. The average Bonchev–Trinajstić information content (AvgIpc) is 2.38. The first-order chi connectivity index (χ1) is 8.21. The fraction of sp³-hybridized carbons (Fsp3) is 0.615. The van der Waals surface area contributed by atoms with Gasteiger partial charge in [-0.25, -0.2) is 4.98 Å². The van der Waals surface area contributed by atoms with Gasteiger partial charge in [0.05, 0.1) is 6.10 Å². The minimum atomic E-state index is -0.315. The number of aliphatic hydroxyl groups is 1. The van der Waals surface area contributed by atoms with E-state index in [4.69, 9.17) is 0 Å². The molecule has 0 aliphatic rings. The average molecular weight is 237 g/mol.